The Morgan fingerprint density at radius 1 is 0.404 bits per heavy atom. The van der Waals surface area contributed by atoms with Gasteiger partial charge in [-0.3, -0.25) is 0 Å². The van der Waals surface area contributed by atoms with E-state index in [1.807, 2.05) is 53.8 Å². The molecule has 0 radical (unpaired) electrons. The van der Waals surface area contributed by atoms with E-state index in [1.54, 1.807) is 0 Å². The second-order valence-corrected chi connectivity index (χ2v) is 14.2. The van der Waals surface area contributed by atoms with Crippen molar-refractivity contribution in [3.05, 3.63) is 164 Å². The van der Waals surface area contributed by atoms with E-state index in [0.29, 0.717) is 5.82 Å². The zero-order valence-corrected chi connectivity index (χ0v) is 28.6. The molecule has 0 bridgehead atoms. The molecular formula is C47H27N3OS. The molecule has 0 aliphatic heterocycles. The summed E-state index contributed by atoms with van der Waals surface area (Å²) in [4.78, 5) is 15.6. The Balaban J connectivity index is 1.19. The molecule has 4 aromatic heterocycles. The monoisotopic (exact) mass is 681 g/mol. The molecule has 0 fully saturated rings. The van der Waals surface area contributed by atoms with Crippen LogP contribution in [0.2, 0.25) is 0 Å². The van der Waals surface area contributed by atoms with Gasteiger partial charge in [0, 0.05) is 69.4 Å². The molecular weight excluding hydrogens is 655 g/mol. The van der Waals surface area contributed by atoms with Crippen molar-refractivity contribution in [1.82, 2.24) is 15.0 Å². The number of fused-ring (bicyclic) bond motifs is 10. The highest BCUT2D eigenvalue weighted by molar-refractivity contribution is 7.26. The summed E-state index contributed by atoms with van der Waals surface area (Å²) in [6, 6.07) is 57.1. The molecule has 11 aromatic rings. The average Bonchev–Trinajstić information content (AvgIpc) is 3.79. The van der Waals surface area contributed by atoms with E-state index >= 15 is 0 Å². The molecule has 0 atom stereocenters. The lowest BCUT2D eigenvalue weighted by molar-refractivity contribution is 0.669. The molecule has 0 saturated carbocycles. The minimum Gasteiger partial charge on any atom is -0.456 e. The maximum Gasteiger partial charge on any atom is 0.160 e. The van der Waals surface area contributed by atoms with Gasteiger partial charge in [-0.05, 0) is 42.5 Å². The van der Waals surface area contributed by atoms with Gasteiger partial charge in [-0.1, -0.05) is 121 Å². The zero-order valence-electron chi connectivity index (χ0n) is 27.7. The zero-order chi connectivity index (χ0) is 34.2. The van der Waals surface area contributed by atoms with E-state index < -0.39 is 0 Å². The number of aromatic nitrogens is 3. The van der Waals surface area contributed by atoms with Crippen LogP contribution in [-0.4, -0.2) is 15.0 Å². The molecule has 5 heteroatoms. The molecule has 0 amide bonds. The molecule has 11 rings (SSSR count). The summed E-state index contributed by atoms with van der Waals surface area (Å²) in [5.74, 6) is 0.684. The van der Waals surface area contributed by atoms with Crippen LogP contribution in [0.5, 0.6) is 0 Å². The SMILES string of the molecule is c1ccc(-c2nc(-c3ccc4sc5ccc6c(-c7ccccc7)nc7ccccc7c6c5c4c3)cc(-c3cccc4oc5ccccc5c34)n2)cc1. The van der Waals surface area contributed by atoms with Crippen molar-refractivity contribution in [2.45, 2.75) is 0 Å². The number of benzene rings is 7. The van der Waals surface area contributed by atoms with Crippen molar-refractivity contribution >= 4 is 75.1 Å². The van der Waals surface area contributed by atoms with Crippen molar-refractivity contribution in [2.24, 2.45) is 0 Å². The maximum atomic E-state index is 6.28. The minimum atomic E-state index is 0.684. The molecule has 242 valence electrons. The van der Waals surface area contributed by atoms with Crippen molar-refractivity contribution in [3.8, 4) is 45.2 Å². The molecule has 0 unspecified atom stereocenters. The van der Waals surface area contributed by atoms with Gasteiger partial charge in [-0.15, -0.1) is 11.3 Å². The van der Waals surface area contributed by atoms with Crippen LogP contribution in [0.15, 0.2) is 168 Å². The molecule has 4 nitrogen and oxygen atoms in total. The van der Waals surface area contributed by atoms with Crippen molar-refractivity contribution in [2.75, 3.05) is 0 Å². The van der Waals surface area contributed by atoms with Gasteiger partial charge in [0.05, 0.1) is 22.6 Å². The van der Waals surface area contributed by atoms with Gasteiger partial charge in [0.25, 0.3) is 0 Å². The largest absolute Gasteiger partial charge is 0.456 e. The van der Waals surface area contributed by atoms with Gasteiger partial charge >= 0.3 is 0 Å². The van der Waals surface area contributed by atoms with Gasteiger partial charge < -0.3 is 4.42 Å². The van der Waals surface area contributed by atoms with Gasteiger partial charge in [0.15, 0.2) is 5.82 Å². The van der Waals surface area contributed by atoms with Crippen LogP contribution in [0.1, 0.15) is 0 Å². The third kappa shape index (κ3) is 4.50. The fourth-order valence-electron chi connectivity index (χ4n) is 7.72. The predicted octanol–water partition coefficient (Wildman–Crippen LogP) is 13.1. The van der Waals surface area contributed by atoms with Gasteiger partial charge in [-0.25, -0.2) is 15.0 Å². The van der Waals surface area contributed by atoms with Crippen LogP contribution >= 0.6 is 11.3 Å². The van der Waals surface area contributed by atoms with Crippen LogP contribution in [0, 0.1) is 0 Å². The number of hydrogen-bond acceptors (Lipinski definition) is 5. The van der Waals surface area contributed by atoms with Gasteiger partial charge in [0.1, 0.15) is 11.2 Å². The van der Waals surface area contributed by atoms with Crippen molar-refractivity contribution < 1.29 is 4.42 Å². The van der Waals surface area contributed by atoms with Gasteiger partial charge in [0.2, 0.25) is 0 Å². The number of furan rings is 1. The highest BCUT2D eigenvalue weighted by atomic mass is 32.1. The minimum absolute atomic E-state index is 0.684. The lowest BCUT2D eigenvalue weighted by atomic mass is 9.95. The Kier molecular flexibility index (Phi) is 6.39. The summed E-state index contributed by atoms with van der Waals surface area (Å²) in [7, 11) is 0. The topological polar surface area (TPSA) is 51.8 Å². The number of nitrogens with zero attached hydrogens (tertiary/aromatic N) is 3. The van der Waals surface area contributed by atoms with Crippen LogP contribution < -0.4 is 0 Å². The third-order valence-corrected chi connectivity index (χ3v) is 11.2. The van der Waals surface area contributed by atoms with E-state index in [4.69, 9.17) is 19.4 Å². The number of thiophene rings is 1. The van der Waals surface area contributed by atoms with Gasteiger partial charge in [-0.2, -0.15) is 0 Å². The highest BCUT2D eigenvalue weighted by Crippen LogP contribution is 2.45. The van der Waals surface area contributed by atoms with Crippen molar-refractivity contribution in [1.29, 1.82) is 0 Å². The lowest BCUT2D eigenvalue weighted by Crippen LogP contribution is -1.96. The first-order valence-electron chi connectivity index (χ1n) is 17.4. The van der Waals surface area contributed by atoms with E-state index in [2.05, 4.69) is 121 Å². The Morgan fingerprint density at radius 2 is 1.12 bits per heavy atom. The van der Waals surface area contributed by atoms with E-state index in [1.165, 1.54) is 25.6 Å². The molecule has 0 N–H and O–H groups in total. The average molecular weight is 682 g/mol. The summed E-state index contributed by atoms with van der Waals surface area (Å²) in [6.07, 6.45) is 0. The molecule has 4 heterocycles. The summed E-state index contributed by atoms with van der Waals surface area (Å²) >= 11 is 1.83. The molecule has 7 aromatic carbocycles. The summed E-state index contributed by atoms with van der Waals surface area (Å²) in [5.41, 5.74) is 9.55. The smallest absolute Gasteiger partial charge is 0.160 e. The molecule has 0 spiro atoms. The lowest BCUT2D eigenvalue weighted by Gasteiger charge is -2.12. The highest BCUT2D eigenvalue weighted by Gasteiger charge is 2.19. The van der Waals surface area contributed by atoms with Crippen LogP contribution in [0.25, 0.3) is 109 Å². The maximum absolute atomic E-state index is 6.28. The first kappa shape index (κ1) is 29.1. The Hall–Kier alpha value is -6.69. The van der Waals surface area contributed by atoms with Crippen LogP contribution in [0.3, 0.4) is 0 Å². The summed E-state index contributed by atoms with van der Waals surface area (Å²) < 4.78 is 8.77. The summed E-state index contributed by atoms with van der Waals surface area (Å²) in [6.45, 7) is 0. The molecule has 0 aliphatic rings. The third-order valence-electron chi connectivity index (χ3n) is 10.1. The number of pyridine rings is 1. The molecule has 52 heavy (non-hydrogen) atoms. The fourth-order valence-corrected chi connectivity index (χ4v) is 8.82. The van der Waals surface area contributed by atoms with E-state index in [9.17, 15) is 0 Å². The quantitative estimate of drug-likeness (QED) is 0.174. The standard InChI is InChI=1S/C47H27N3OS/c1-3-12-28(13-4-1)46-34-23-25-42-45(44(34)31-16-7-9-19-36(31)48-46)35-26-30(22-24-41(35)52-42)37-27-38(50-47(49-37)29-14-5-2-6-15-29)32-18-11-21-40-43(32)33-17-8-10-20-39(33)51-40/h1-27H. The number of hydrogen-bond donors (Lipinski definition) is 0. The Bertz CT molecular complexity index is 3180. The second-order valence-electron chi connectivity index (χ2n) is 13.1. The molecule has 0 saturated heterocycles. The van der Waals surface area contributed by atoms with Crippen molar-refractivity contribution in [3.63, 3.8) is 0 Å². The van der Waals surface area contributed by atoms with Crippen LogP contribution in [-0.2, 0) is 0 Å². The first-order valence-corrected chi connectivity index (χ1v) is 18.2. The van der Waals surface area contributed by atoms with Crippen LogP contribution in [0.4, 0.5) is 0 Å². The first-order chi connectivity index (χ1) is 25.8. The number of para-hydroxylation sites is 2. The predicted molar refractivity (Wildman–Crippen MR) is 217 cm³/mol. The fraction of sp³-hybridized carbons (Fsp3) is 0. The summed E-state index contributed by atoms with van der Waals surface area (Å²) in [5, 5.41) is 8.14. The second kappa shape index (κ2) is 11.4. The van der Waals surface area contributed by atoms with E-state index in [-0.39, 0.29) is 0 Å². The Labute approximate surface area is 302 Å². The molecule has 0 aliphatic carbocycles. The van der Waals surface area contributed by atoms with E-state index in [0.717, 1.165) is 77.6 Å². The number of rotatable bonds is 4. The normalized spacial score (nSPS) is 11.8. The Morgan fingerprint density at radius 3 is 1.98 bits per heavy atom.